The summed E-state index contributed by atoms with van der Waals surface area (Å²) in [6.07, 6.45) is 62.1. The molecule has 4 rings (SSSR count). The van der Waals surface area contributed by atoms with Crippen LogP contribution < -0.4 is 40.5 Å². The molecule has 0 bridgehead atoms. The number of aromatic nitrogens is 6. The molecule has 2 heterocycles. The third-order valence-corrected chi connectivity index (χ3v) is 18.6. The molecule has 0 amide bonds. The molecule has 4 N–H and O–H groups in total. The van der Waals surface area contributed by atoms with Crippen molar-refractivity contribution in [2.75, 3.05) is 83.5 Å². The monoisotopic (exact) mass is 1320 g/mol. The predicted octanol–water partition coefficient (Wildman–Crippen LogP) is 24.7. The highest BCUT2D eigenvalue weighted by molar-refractivity contribution is 5.58. The van der Waals surface area contributed by atoms with E-state index in [2.05, 4.69) is 121 Å². The van der Waals surface area contributed by atoms with Crippen molar-refractivity contribution in [2.45, 2.75) is 356 Å². The van der Waals surface area contributed by atoms with Crippen LogP contribution in [0.4, 0.5) is 47.1 Å². The molecular formula is C81H144N12O2. The molecule has 0 aliphatic heterocycles. The van der Waals surface area contributed by atoms with Crippen molar-refractivity contribution in [3.05, 3.63) is 48.5 Å². The molecule has 0 atom stereocenters. The molecule has 14 heteroatoms. The van der Waals surface area contributed by atoms with Crippen molar-refractivity contribution in [3.8, 4) is 11.5 Å². The van der Waals surface area contributed by atoms with Gasteiger partial charge in [-0.25, -0.2) is 0 Å². The van der Waals surface area contributed by atoms with Gasteiger partial charge in [-0.1, -0.05) is 305 Å². The molecule has 0 radical (unpaired) electrons. The fourth-order valence-electron chi connectivity index (χ4n) is 12.5. The van der Waals surface area contributed by atoms with Crippen LogP contribution in [0.3, 0.4) is 0 Å². The summed E-state index contributed by atoms with van der Waals surface area (Å²) in [7, 11) is 0. The molecule has 2 aromatic carbocycles. The summed E-state index contributed by atoms with van der Waals surface area (Å²) >= 11 is 0. The van der Waals surface area contributed by atoms with Crippen LogP contribution in [0, 0.1) is 0 Å². The third kappa shape index (κ3) is 43.0. The Morgan fingerprint density at radius 1 is 0.253 bits per heavy atom. The largest absolute Gasteiger partial charge is 0.494 e. The Hall–Kier alpha value is -5.14. The molecule has 2 aromatic heterocycles. The molecular weight excluding hydrogens is 1170 g/mol. The SMILES string of the molecule is CCCCCCCCCCCCOc1ccc(Nc2nc(NCCCCCCCNc3nc(Nc4ccc(OCCCCCCCCCCCC)cc4)nc(N(CCCCCCCC)CCCCCCCC)n3)nc(N(CCCCCCCC)CCCCCCCC)n2)cc1. The summed E-state index contributed by atoms with van der Waals surface area (Å²) in [5.74, 6) is 5.76. The smallest absolute Gasteiger partial charge is 0.233 e. The van der Waals surface area contributed by atoms with Gasteiger partial charge in [0.15, 0.2) is 0 Å². The maximum Gasteiger partial charge on any atom is 0.233 e. The van der Waals surface area contributed by atoms with E-state index < -0.39 is 0 Å². The standard InChI is InChI=1S/C81H144N12O2/c1-7-13-19-25-31-33-35-37-46-54-70-94-74-60-56-72(57-61-74)84-78-86-76(88-80(90-78)92(66-50-42-27-21-15-9-3)67-51-43-28-22-16-10-4)82-64-48-40-39-41-49-65-83-77-87-79(85-73-58-62-75(63-59-73)95-71-55-47-38-36-34-32-26-20-14-8-2)91-81(89-77)93(68-52-44-29-23-17-11-5)69-53-45-30-24-18-12-6/h56-63H,7-55,64-71H2,1-6H3,(H2,82,84,86,88,90)(H2,83,85,87,89,91). The van der Waals surface area contributed by atoms with Gasteiger partial charge < -0.3 is 40.5 Å². The molecule has 0 fully saturated rings. The Morgan fingerprint density at radius 3 is 0.758 bits per heavy atom. The molecule has 540 valence electrons. The van der Waals surface area contributed by atoms with Crippen LogP contribution in [-0.4, -0.2) is 82.4 Å². The van der Waals surface area contributed by atoms with E-state index >= 15 is 0 Å². The number of anilines is 8. The van der Waals surface area contributed by atoms with Crippen LogP contribution in [0.15, 0.2) is 48.5 Å². The summed E-state index contributed by atoms with van der Waals surface area (Å²) < 4.78 is 12.4. The lowest BCUT2D eigenvalue weighted by Gasteiger charge is -2.24. The highest BCUT2D eigenvalue weighted by Crippen LogP contribution is 2.26. The molecule has 0 saturated heterocycles. The first-order valence-electron chi connectivity index (χ1n) is 40.5. The van der Waals surface area contributed by atoms with Crippen LogP contribution >= 0.6 is 0 Å². The van der Waals surface area contributed by atoms with Gasteiger partial charge >= 0.3 is 0 Å². The summed E-state index contributed by atoms with van der Waals surface area (Å²) in [6, 6.07) is 16.6. The predicted molar refractivity (Wildman–Crippen MR) is 412 cm³/mol. The van der Waals surface area contributed by atoms with Crippen LogP contribution in [0.1, 0.15) is 356 Å². The molecule has 14 nitrogen and oxygen atoms in total. The van der Waals surface area contributed by atoms with E-state index in [-0.39, 0.29) is 0 Å². The second kappa shape index (κ2) is 59.0. The Morgan fingerprint density at radius 2 is 0.484 bits per heavy atom. The van der Waals surface area contributed by atoms with E-state index in [1.807, 2.05) is 0 Å². The summed E-state index contributed by atoms with van der Waals surface area (Å²) in [4.78, 5) is 35.4. The van der Waals surface area contributed by atoms with Crippen molar-refractivity contribution in [2.24, 2.45) is 0 Å². The Balaban J connectivity index is 1.37. The molecule has 0 aliphatic carbocycles. The zero-order valence-corrected chi connectivity index (χ0v) is 62.3. The van der Waals surface area contributed by atoms with E-state index in [1.54, 1.807) is 0 Å². The zero-order chi connectivity index (χ0) is 67.4. The van der Waals surface area contributed by atoms with Gasteiger partial charge in [-0.05, 0) is 99.9 Å². The summed E-state index contributed by atoms with van der Waals surface area (Å²) in [6.45, 7) is 20.7. The Kier molecular flexibility index (Phi) is 51.1. The van der Waals surface area contributed by atoms with Crippen LogP contribution in [0.2, 0.25) is 0 Å². The number of rotatable bonds is 68. The number of hydrogen-bond donors (Lipinski definition) is 4. The minimum atomic E-state index is 0.574. The van der Waals surface area contributed by atoms with E-state index in [4.69, 9.17) is 39.4 Å². The lowest BCUT2D eigenvalue weighted by atomic mass is 10.1. The highest BCUT2D eigenvalue weighted by atomic mass is 16.5. The van der Waals surface area contributed by atoms with E-state index in [0.29, 0.717) is 23.8 Å². The maximum absolute atomic E-state index is 6.19. The lowest BCUT2D eigenvalue weighted by molar-refractivity contribution is 0.304. The van der Waals surface area contributed by atoms with E-state index in [9.17, 15) is 0 Å². The quantitative estimate of drug-likeness (QED) is 0.0311. The zero-order valence-electron chi connectivity index (χ0n) is 62.3. The van der Waals surface area contributed by atoms with Gasteiger partial charge in [0, 0.05) is 50.6 Å². The van der Waals surface area contributed by atoms with Crippen molar-refractivity contribution < 1.29 is 9.47 Å². The Bertz CT molecular complexity index is 2150. The molecule has 0 saturated carbocycles. The van der Waals surface area contributed by atoms with Gasteiger partial charge in [-0.15, -0.1) is 0 Å². The van der Waals surface area contributed by atoms with Gasteiger partial charge in [-0.2, -0.15) is 29.9 Å². The highest BCUT2D eigenvalue weighted by Gasteiger charge is 2.17. The van der Waals surface area contributed by atoms with Crippen molar-refractivity contribution >= 4 is 47.1 Å². The molecule has 95 heavy (non-hydrogen) atoms. The first-order valence-corrected chi connectivity index (χ1v) is 40.5. The summed E-state index contributed by atoms with van der Waals surface area (Å²) in [5.41, 5.74) is 1.88. The number of hydrogen-bond acceptors (Lipinski definition) is 14. The number of nitrogens with zero attached hydrogens (tertiary/aromatic N) is 8. The molecule has 0 unspecified atom stereocenters. The first kappa shape index (κ1) is 82.3. The number of nitrogens with one attached hydrogen (secondary N) is 4. The molecule has 0 aliphatic rings. The van der Waals surface area contributed by atoms with Crippen molar-refractivity contribution in [1.82, 2.24) is 29.9 Å². The van der Waals surface area contributed by atoms with E-state index in [0.717, 1.165) is 158 Å². The second-order valence-corrected chi connectivity index (χ2v) is 27.6. The minimum absolute atomic E-state index is 0.574. The third-order valence-electron chi connectivity index (χ3n) is 18.6. The fraction of sp³-hybridized carbons (Fsp3) is 0.778. The van der Waals surface area contributed by atoms with Crippen LogP contribution in [0.5, 0.6) is 11.5 Å². The van der Waals surface area contributed by atoms with Crippen molar-refractivity contribution in [1.29, 1.82) is 0 Å². The number of ether oxygens (including phenoxy) is 2. The lowest BCUT2D eigenvalue weighted by Crippen LogP contribution is -2.28. The average molecular weight is 1320 g/mol. The number of benzene rings is 2. The van der Waals surface area contributed by atoms with E-state index in [1.165, 1.54) is 244 Å². The van der Waals surface area contributed by atoms with Gasteiger partial charge in [0.2, 0.25) is 35.7 Å². The van der Waals surface area contributed by atoms with Gasteiger partial charge in [0.05, 0.1) is 13.2 Å². The first-order chi connectivity index (χ1) is 47.0. The van der Waals surface area contributed by atoms with Gasteiger partial charge in [0.1, 0.15) is 11.5 Å². The Labute approximate surface area is 583 Å². The topological polar surface area (TPSA) is 150 Å². The van der Waals surface area contributed by atoms with Crippen LogP contribution in [-0.2, 0) is 0 Å². The van der Waals surface area contributed by atoms with Crippen molar-refractivity contribution in [3.63, 3.8) is 0 Å². The molecule has 0 spiro atoms. The second-order valence-electron chi connectivity index (χ2n) is 27.6. The van der Waals surface area contributed by atoms with Gasteiger partial charge in [-0.3, -0.25) is 0 Å². The fourth-order valence-corrected chi connectivity index (χ4v) is 12.5. The average Bonchev–Trinajstić information content (AvgIpc) is 1.09. The summed E-state index contributed by atoms with van der Waals surface area (Å²) in [5, 5.41) is 14.4. The number of unbranched alkanes of at least 4 members (excludes halogenated alkanes) is 42. The normalized spacial score (nSPS) is 11.3. The molecule has 4 aromatic rings. The van der Waals surface area contributed by atoms with Crippen LogP contribution in [0.25, 0.3) is 0 Å². The van der Waals surface area contributed by atoms with Gasteiger partial charge in [0.25, 0.3) is 0 Å². The minimum Gasteiger partial charge on any atom is -0.494 e. The maximum atomic E-state index is 6.19.